The molecule has 3 fully saturated rings. The molecule has 2 amide bonds. The summed E-state index contributed by atoms with van der Waals surface area (Å²) in [5.41, 5.74) is 0.648. The van der Waals surface area contributed by atoms with Gasteiger partial charge in [0.05, 0.1) is 12.8 Å². The minimum Gasteiger partial charge on any atom is -0.467 e. The van der Waals surface area contributed by atoms with Crippen LogP contribution in [-0.4, -0.2) is 64.3 Å². The highest BCUT2D eigenvalue weighted by atomic mass is 16.3. The molecule has 6 nitrogen and oxygen atoms in total. The van der Waals surface area contributed by atoms with Crippen LogP contribution in [-0.2, 0) is 22.6 Å². The molecule has 1 spiro atoms. The van der Waals surface area contributed by atoms with Gasteiger partial charge in [0, 0.05) is 19.6 Å². The van der Waals surface area contributed by atoms with E-state index in [1.165, 1.54) is 5.56 Å². The van der Waals surface area contributed by atoms with Crippen molar-refractivity contribution in [1.29, 1.82) is 0 Å². The van der Waals surface area contributed by atoms with Gasteiger partial charge in [0.1, 0.15) is 17.3 Å². The van der Waals surface area contributed by atoms with Crippen molar-refractivity contribution in [1.82, 2.24) is 14.7 Å². The van der Waals surface area contributed by atoms with Crippen molar-refractivity contribution in [2.45, 2.75) is 56.7 Å². The molecule has 0 bridgehead atoms. The summed E-state index contributed by atoms with van der Waals surface area (Å²) in [5.74, 6) is 1.01. The van der Waals surface area contributed by atoms with E-state index < -0.39 is 5.54 Å². The van der Waals surface area contributed by atoms with Crippen molar-refractivity contribution in [2.24, 2.45) is 0 Å². The van der Waals surface area contributed by atoms with Crippen molar-refractivity contribution in [3.63, 3.8) is 0 Å². The summed E-state index contributed by atoms with van der Waals surface area (Å²) in [7, 11) is 0. The van der Waals surface area contributed by atoms with Crippen molar-refractivity contribution in [3.8, 4) is 0 Å². The fourth-order valence-electron chi connectivity index (χ4n) is 5.61. The monoisotopic (exact) mass is 421 g/mol. The van der Waals surface area contributed by atoms with Crippen LogP contribution in [0.3, 0.4) is 0 Å². The molecule has 0 radical (unpaired) electrons. The molecule has 4 heterocycles. The van der Waals surface area contributed by atoms with Gasteiger partial charge in [0.2, 0.25) is 11.8 Å². The van der Waals surface area contributed by atoms with Crippen molar-refractivity contribution in [2.75, 3.05) is 26.2 Å². The average Bonchev–Trinajstić information content (AvgIpc) is 3.50. The topological polar surface area (TPSA) is 57.0 Å². The zero-order chi connectivity index (χ0) is 21.3. The number of hydrogen-bond acceptors (Lipinski definition) is 4. The van der Waals surface area contributed by atoms with Gasteiger partial charge in [-0.1, -0.05) is 30.3 Å². The quantitative estimate of drug-likeness (QED) is 0.719. The number of hydrogen-bond donors (Lipinski definition) is 0. The molecule has 0 aliphatic carbocycles. The van der Waals surface area contributed by atoms with Crippen molar-refractivity contribution in [3.05, 3.63) is 60.1 Å². The Balaban J connectivity index is 1.28. The first kappa shape index (κ1) is 20.3. The lowest BCUT2D eigenvalue weighted by molar-refractivity contribution is -0.173. The summed E-state index contributed by atoms with van der Waals surface area (Å²) < 4.78 is 5.55. The Hall–Kier alpha value is -2.60. The van der Waals surface area contributed by atoms with Crippen LogP contribution in [0.15, 0.2) is 53.1 Å². The van der Waals surface area contributed by atoms with Crippen LogP contribution < -0.4 is 0 Å². The second-order valence-corrected chi connectivity index (χ2v) is 9.12. The Labute approximate surface area is 183 Å². The second kappa shape index (κ2) is 8.50. The second-order valence-electron chi connectivity index (χ2n) is 9.12. The van der Waals surface area contributed by atoms with E-state index >= 15 is 0 Å². The van der Waals surface area contributed by atoms with E-state index in [0.717, 1.165) is 51.1 Å². The van der Waals surface area contributed by atoms with Crippen LogP contribution in [0, 0.1) is 0 Å². The largest absolute Gasteiger partial charge is 0.467 e. The number of piperazine rings is 1. The molecule has 3 aliphatic rings. The van der Waals surface area contributed by atoms with E-state index in [-0.39, 0.29) is 17.9 Å². The van der Waals surface area contributed by atoms with E-state index in [1.807, 2.05) is 21.9 Å². The number of carbonyl (C=O) groups is 2. The highest BCUT2D eigenvalue weighted by Gasteiger charge is 2.57. The molecule has 1 aromatic carbocycles. The molecule has 0 N–H and O–H groups in total. The normalized spacial score (nSPS) is 23.5. The third kappa shape index (κ3) is 3.78. The molecule has 3 saturated heterocycles. The summed E-state index contributed by atoms with van der Waals surface area (Å²) in [6, 6.07) is 14.0. The number of fused-ring (bicyclic) bond motifs is 1. The van der Waals surface area contributed by atoms with E-state index in [2.05, 4.69) is 35.2 Å². The summed E-state index contributed by atoms with van der Waals surface area (Å²) >= 11 is 0. The number of aryl methyl sites for hydroxylation is 1. The van der Waals surface area contributed by atoms with Crippen LogP contribution in [0.25, 0.3) is 0 Å². The molecule has 164 valence electrons. The molecule has 1 atom stereocenters. The zero-order valence-electron chi connectivity index (χ0n) is 18.0. The Morgan fingerprint density at radius 2 is 1.81 bits per heavy atom. The predicted octanol–water partition coefficient (Wildman–Crippen LogP) is 3.08. The van der Waals surface area contributed by atoms with E-state index in [9.17, 15) is 9.59 Å². The highest BCUT2D eigenvalue weighted by molar-refractivity contribution is 6.00. The minimum atomic E-state index is -0.722. The third-order valence-electron chi connectivity index (χ3n) is 7.34. The van der Waals surface area contributed by atoms with Crippen LogP contribution in [0.4, 0.5) is 0 Å². The van der Waals surface area contributed by atoms with Gasteiger partial charge < -0.3 is 19.1 Å². The van der Waals surface area contributed by atoms with Crippen LogP contribution >= 0.6 is 0 Å². The standard InChI is InChI=1S/C25H31N3O3/c29-23-22-11-5-15-27(22)24(30)25(28(23)19-21-10-6-18-31-21)12-16-26(17-13-25)14-4-9-20-7-2-1-3-8-20/h1-3,6-8,10,18,22H,4-5,9,11-17,19H2. The number of nitrogens with zero attached hydrogens (tertiary/aromatic N) is 3. The number of piperidine rings is 1. The minimum absolute atomic E-state index is 0.103. The summed E-state index contributed by atoms with van der Waals surface area (Å²) in [4.78, 5) is 33.3. The van der Waals surface area contributed by atoms with Gasteiger partial charge in [-0.15, -0.1) is 0 Å². The molecule has 3 aliphatic heterocycles. The summed E-state index contributed by atoms with van der Waals surface area (Å²) in [6.45, 7) is 3.82. The van der Waals surface area contributed by atoms with E-state index in [4.69, 9.17) is 4.42 Å². The predicted molar refractivity (Wildman–Crippen MR) is 117 cm³/mol. The van der Waals surface area contributed by atoms with Crippen LogP contribution in [0.2, 0.25) is 0 Å². The molecule has 31 heavy (non-hydrogen) atoms. The first-order chi connectivity index (χ1) is 15.2. The molecule has 6 heteroatoms. The molecule has 1 aromatic heterocycles. The Morgan fingerprint density at radius 3 is 2.55 bits per heavy atom. The molecular formula is C25H31N3O3. The molecule has 0 saturated carbocycles. The summed E-state index contributed by atoms with van der Waals surface area (Å²) in [5, 5.41) is 0. The fourth-order valence-corrected chi connectivity index (χ4v) is 5.61. The molecule has 2 aromatic rings. The lowest BCUT2D eigenvalue weighted by atomic mass is 9.81. The van der Waals surface area contributed by atoms with Crippen LogP contribution in [0.1, 0.15) is 43.4 Å². The fraction of sp³-hybridized carbons (Fsp3) is 0.520. The first-order valence-electron chi connectivity index (χ1n) is 11.6. The maximum atomic E-state index is 13.7. The van der Waals surface area contributed by atoms with Crippen molar-refractivity contribution >= 4 is 11.8 Å². The smallest absolute Gasteiger partial charge is 0.249 e. The van der Waals surface area contributed by atoms with Gasteiger partial charge in [-0.05, 0) is 62.8 Å². The van der Waals surface area contributed by atoms with Gasteiger partial charge in [-0.25, -0.2) is 0 Å². The number of furan rings is 1. The lowest BCUT2D eigenvalue weighted by Crippen LogP contribution is -2.72. The Morgan fingerprint density at radius 1 is 1.00 bits per heavy atom. The Bertz CT molecular complexity index is 903. The van der Waals surface area contributed by atoms with Gasteiger partial charge in [-0.3, -0.25) is 9.59 Å². The van der Waals surface area contributed by atoms with Gasteiger partial charge in [-0.2, -0.15) is 0 Å². The average molecular weight is 422 g/mol. The summed E-state index contributed by atoms with van der Waals surface area (Å²) in [6.07, 6.45) is 6.91. The third-order valence-corrected chi connectivity index (χ3v) is 7.34. The maximum absolute atomic E-state index is 13.7. The van der Waals surface area contributed by atoms with E-state index in [1.54, 1.807) is 6.26 Å². The Kier molecular flexibility index (Phi) is 5.57. The number of rotatable bonds is 6. The van der Waals surface area contributed by atoms with Gasteiger partial charge in [0.25, 0.3) is 0 Å². The number of amides is 2. The SMILES string of the molecule is O=C1C2CCCN2C(=O)C2(CCN(CCCc3ccccc3)CC2)N1Cc1ccco1. The van der Waals surface area contributed by atoms with E-state index in [0.29, 0.717) is 25.9 Å². The number of likely N-dealkylation sites (tertiary alicyclic amines) is 1. The zero-order valence-corrected chi connectivity index (χ0v) is 18.0. The molecular weight excluding hydrogens is 390 g/mol. The van der Waals surface area contributed by atoms with Gasteiger partial charge >= 0.3 is 0 Å². The maximum Gasteiger partial charge on any atom is 0.249 e. The van der Waals surface area contributed by atoms with Crippen molar-refractivity contribution < 1.29 is 14.0 Å². The highest BCUT2D eigenvalue weighted by Crippen LogP contribution is 2.40. The van der Waals surface area contributed by atoms with Crippen LogP contribution in [0.5, 0.6) is 0 Å². The first-order valence-corrected chi connectivity index (χ1v) is 11.6. The van der Waals surface area contributed by atoms with Gasteiger partial charge in [0.15, 0.2) is 0 Å². The lowest BCUT2D eigenvalue weighted by Gasteiger charge is -2.53. The molecule has 5 rings (SSSR count). The molecule has 1 unspecified atom stereocenters. The number of carbonyl (C=O) groups excluding carboxylic acids is 2. The number of benzene rings is 1.